The summed E-state index contributed by atoms with van der Waals surface area (Å²) in [5, 5.41) is 2.05. The summed E-state index contributed by atoms with van der Waals surface area (Å²) in [6, 6.07) is 13.3. The molecule has 1 heterocycles. The van der Waals surface area contributed by atoms with Gasteiger partial charge in [0, 0.05) is 0 Å². The summed E-state index contributed by atoms with van der Waals surface area (Å²) in [5.41, 5.74) is 1.94. The topological polar surface area (TPSA) is 28.7 Å². The number of fused-ring (bicyclic) bond motifs is 1. The van der Waals surface area contributed by atoms with Crippen LogP contribution in [0.3, 0.4) is 0 Å². The molecule has 2 aromatic carbocycles. The molecule has 0 aliphatic carbocycles. The van der Waals surface area contributed by atoms with Crippen LogP contribution in [0.5, 0.6) is 0 Å². The van der Waals surface area contributed by atoms with Gasteiger partial charge in [-0.1, -0.05) is 41.4 Å². The van der Waals surface area contributed by atoms with E-state index in [4.69, 9.17) is 23.2 Å². The highest BCUT2D eigenvalue weighted by Gasteiger charge is 2.10. The summed E-state index contributed by atoms with van der Waals surface area (Å²) in [6.45, 7) is 0. The summed E-state index contributed by atoms with van der Waals surface area (Å²) in [4.78, 5) is 8.53. The van der Waals surface area contributed by atoms with Crippen LogP contribution in [-0.4, -0.2) is 9.97 Å². The number of para-hydroxylation sites is 2. The van der Waals surface area contributed by atoms with E-state index in [9.17, 15) is 0 Å². The third kappa shape index (κ3) is 2.21. The van der Waals surface area contributed by atoms with Crippen LogP contribution in [0.1, 0.15) is 0 Å². The smallest absolute Gasteiger partial charge is 0.171 e. The van der Waals surface area contributed by atoms with Crippen LogP contribution in [0.2, 0.25) is 10.0 Å². The van der Waals surface area contributed by atoms with Crippen LogP contribution in [0.15, 0.2) is 52.5 Å². The minimum atomic E-state index is 0.632. The maximum Gasteiger partial charge on any atom is 0.171 e. The van der Waals surface area contributed by atoms with Gasteiger partial charge < -0.3 is 4.98 Å². The summed E-state index contributed by atoms with van der Waals surface area (Å²) in [6.07, 6.45) is 0. The van der Waals surface area contributed by atoms with Gasteiger partial charge in [-0.3, -0.25) is 0 Å². The third-order valence-corrected chi connectivity index (χ3v) is 4.37. The highest BCUT2D eigenvalue weighted by atomic mass is 35.5. The van der Waals surface area contributed by atoms with Crippen LogP contribution >= 0.6 is 35.0 Å². The fraction of sp³-hybridized carbons (Fsp3) is 0. The number of H-pyrrole nitrogens is 1. The molecule has 0 saturated carbocycles. The molecule has 1 N–H and O–H groups in total. The maximum atomic E-state index is 6.13. The van der Waals surface area contributed by atoms with E-state index in [2.05, 4.69) is 9.97 Å². The van der Waals surface area contributed by atoms with Gasteiger partial charge in [-0.2, -0.15) is 0 Å². The number of halogens is 2. The molecule has 0 unspecified atom stereocenters. The number of nitrogens with one attached hydrogen (secondary N) is 1. The maximum absolute atomic E-state index is 6.13. The predicted molar refractivity (Wildman–Crippen MR) is 76.7 cm³/mol. The Bertz CT molecular complexity index is 656. The summed E-state index contributed by atoms with van der Waals surface area (Å²) in [7, 11) is 0. The third-order valence-electron chi connectivity index (χ3n) is 2.49. The zero-order valence-electron chi connectivity index (χ0n) is 9.15. The van der Waals surface area contributed by atoms with E-state index < -0.39 is 0 Å². The normalized spacial score (nSPS) is 11.0. The summed E-state index contributed by atoms with van der Waals surface area (Å²) < 4.78 is 0. The molecular formula is C13H8Cl2N2S. The zero-order valence-corrected chi connectivity index (χ0v) is 11.5. The Kier molecular flexibility index (Phi) is 3.20. The van der Waals surface area contributed by atoms with E-state index >= 15 is 0 Å². The van der Waals surface area contributed by atoms with Crippen molar-refractivity contribution in [3.8, 4) is 0 Å². The van der Waals surface area contributed by atoms with Gasteiger partial charge in [0.2, 0.25) is 0 Å². The highest BCUT2D eigenvalue weighted by Crippen LogP contribution is 2.37. The molecule has 3 aromatic rings. The summed E-state index contributed by atoms with van der Waals surface area (Å²) in [5.74, 6) is 0. The first-order valence-electron chi connectivity index (χ1n) is 5.30. The fourth-order valence-electron chi connectivity index (χ4n) is 1.65. The molecule has 18 heavy (non-hydrogen) atoms. The molecule has 3 rings (SSSR count). The Labute approximate surface area is 118 Å². The molecule has 0 radical (unpaired) electrons. The van der Waals surface area contributed by atoms with E-state index in [0.717, 1.165) is 21.1 Å². The Hall–Kier alpha value is -1.16. The molecule has 0 amide bonds. The fourth-order valence-corrected chi connectivity index (χ4v) is 3.11. The number of aromatic amines is 1. The molecule has 0 spiro atoms. The molecule has 0 aliphatic heterocycles. The van der Waals surface area contributed by atoms with Crippen LogP contribution in [0.25, 0.3) is 11.0 Å². The number of aromatic nitrogens is 2. The van der Waals surface area contributed by atoms with Gasteiger partial charge in [0.25, 0.3) is 0 Å². The second-order valence-corrected chi connectivity index (χ2v) is 5.53. The van der Waals surface area contributed by atoms with Gasteiger partial charge in [-0.05, 0) is 36.0 Å². The van der Waals surface area contributed by atoms with Crippen LogP contribution in [0.4, 0.5) is 0 Å². The first-order valence-corrected chi connectivity index (χ1v) is 6.88. The lowest BCUT2D eigenvalue weighted by atomic mass is 10.3. The SMILES string of the molecule is Clc1cccc(Cl)c1Sc1nc2ccccc2[nH]1. The molecule has 1 aromatic heterocycles. The van der Waals surface area contributed by atoms with E-state index in [1.165, 1.54) is 11.8 Å². The number of hydrogen-bond donors (Lipinski definition) is 1. The quantitative estimate of drug-likeness (QED) is 0.719. The van der Waals surface area contributed by atoms with E-state index in [0.29, 0.717) is 10.0 Å². The van der Waals surface area contributed by atoms with Gasteiger partial charge in [-0.25, -0.2) is 4.98 Å². The average molecular weight is 295 g/mol. The Morgan fingerprint density at radius 1 is 0.944 bits per heavy atom. The number of hydrogen-bond acceptors (Lipinski definition) is 2. The second kappa shape index (κ2) is 4.84. The Balaban J connectivity index is 2.01. The number of benzene rings is 2. The minimum absolute atomic E-state index is 0.632. The van der Waals surface area contributed by atoms with Crippen LogP contribution in [0, 0.1) is 0 Å². The van der Waals surface area contributed by atoms with Crippen molar-refractivity contribution < 1.29 is 0 Å². The van der Waals surface area contributed by atoms with E-state index in [-0.39, 0.29) is 0 Å². The number of nitrogens with zero attached hydrogens (tertiary/aromatic N) is 1. The first-order chi connectivity index (χ1) is 8.74. The Morgan fingerprint density at radius 2 is 1.67 bits per heavy atom. The van der Waals surface area contributed by atoms with Gasteiger partial charge in [0.05, 0.1) is 26.0 Å². The average Bonchev–Trinajstić information content (AvgIpc) is 2.76. The molecule has 0 atom stereocenters. The molecule has 0 aliphatic rings. The molecule has 5 heteroatoms. The minimum Gasteiger partial charge on any atom is -0.333 e. The van der Waals surface area contributed by atoms with E-state index in [1.54, 1.807) is 0 Å². The van der Waals surface area contributed by atoms with Gasteiger partial charge in [-0.15, -0.1) is 0 Å². The lowest BCUT2D eigenvalue weighted by Gasteiger charge is -2.03. The van der Waals surface area contributed by atoms with Crippen LogP contribution < -0.4 is 0 Å². The number of imidazole rings is 1. The monoisotopic (exact) mass is 294 g/mol. The molecule has 0 saturated heterocycles. The van der Waals surface area contributed by atoms with Crippen molar-refractivity contribution in [2.24, 2.45) is 0 Å². The van der Waals surface area contributed by atoms with Crippen molar-refractivity contribution in [3.05, 3.63) is 52.5 Å². The zero-order chi connectivity index (χ0) is 12.5. The summed E-state index contributed by atoms with van der Waals surface area (Å²) >= 11 is 13.7. The van der Waals surface area contributed by atoms with Crippen molar-refractivity contribution in [1.82, 2.24) is 9.97 Å². The lowest BCUT2D eigenvalue weighted by Crippen LogP contribution is -1.79. The van der Waals surface area contributed by atoms with Crippen molar-refractivity contribution >= 4 is 46.0 Å². The molecule has 0 fully saturated rings. The van der Waals surface area contributed by atoms with Gasteiger partial charge in [0.15, 0.2) is 5.16 Å². The van der Waals surface area contributed by atoms with Crippen LogP contribution in [-0.2, 0) is 0 Å². The molecule has 0 bridgehead atoms. The largest absolute Gasteiger partial charge is 0.333 e. The molecule has 90 valence electrons. The molecule has 2 nitrogen and oxygen atoms in total. The standard InChI is InChI=1S/C13H8Cl2N2S/c14-8-4-3-5-9(15)12(8)18-13-16-10-6-1-2-7-11(10)17-13/h1-7H,(H,16,17). The lowest BCUT2D eigenvalue weighted by molar-refractivity contribution is 1.08. The second-order valence-electron chi connectivity index (χ2n) is 3.71. The molecular weight excluding hydrogens is 287 g/mol. The predicted octanol–water partition coefficient (Wildman–Crippen LogP) is 5.02. The first kappa shape index (κ1) is 11.9. The number of rotatable bonds is 2. The van der Waals surface area contributed by atoms with Crippen molar-refractivity contribution in [1.29, 1.82) is 0 Å². The highest BCUT2D eigenvalue weighted by molar-refractivity contribution is 7.99. The van der Waals surface area contributed by atoms with Crippen molar-refractivity contribution in [3.63, 3.8) is 0 Å². The van der Waals surface area contributed by atoms with E-state index in [1.807, 2.05) is 42.5 Å². The van der Waals surface area contributed by atoms with Gasteiger partial charge >= 0.3 is 0 Å². The van der Waals surface area contributed by atoms with Gasteiger partial charge in [0.1, 0.15) is 0 Å². The van der Waals surface area contributed by atoms with Crippen molar-refractivity contribution in [2.45, 2.75) is 10.1 Å². The Morgan fingerprint density at radius 3 is 2.39 bits per heavy atom. The van der Waals surface area contributed by atoms with Crippen molar-refractivity contribution in [2.75, 3.05) is 0 Å².